The quantitative estimate of drug-likeness (QED) is 0.666. The van der Waals surface area contributed by atoms with E-state index in [0.29, 0.717) is 42.1 Å². The molecule has 2 aromatic rings. The molecule has 0 spiro atoms. The molecule has 1 heterocycles. The number of hydrogen-bond donors (Lipinski definition) is 2. The normalized spacial score (nSPS) is 21.1. The first kappa shape index (κ1) is 24.2. The zero-order valence-corrected chi connectivity index (χ0v) is 19.7. The maximum atomic E-state index is 13.2. The molecule has 180 valence electrons. The number of likely N-dealkylation sites (tertiary alicyclic amines) is 1. The van der Waals surface area contributed by atoms with E-state index < -0.39 is 0 Å². The minimum Gasteiger partial charge on any atom is -0.351 e. The summed E-state index contributed by atoms with van der Waals surface area (Å²) in [5.74, 6) is -0.919. The predicted molar refractivity (Wildman–Crippen MR) is 128 cm³/mol. The molecule has 2 N–H and O–H groups in total. The zero-order chi connectivity index (χ0) is 24.1. The van der Waals surface area contributed by atoms with Crippen LogP contribution in [0.2, 0.25) is 5.02 Å². The summed E-state index contributed by atoms with van der Waals surface area (Å²) >= 11 is 6.00. The van der Waals surface area contributed by atoms with Crippen LogP contribution in [-0.4, -0.2) is 47.8 Å². The van der Waals surface area contributed by atoms with Crippen molar-refractivity contribution in [3.05, 3.63) is 70.5 Å². The van der Waals surface area contributed by atoms with Gasteiger partial charge in [-0.15, -0.1) is 0 Å². The van der Waals surface area contributed by atoms with Gasteiger partial charge < -0.3 is 15.5 Å². The first-order valence-electron chi connectivity index (χ1n) is 11.8. The largest absolute Gasteiger partial charge is 0.351 e. The second-order valence-electron chi connectivity index (χ2n) is 9.06. The summed E-state index contributed by atoms with van der Waals surface area (Å²) in [5.41, 5.74) is 0.950. The van der Waals surface area contributed by atoms with E-state index in [4.69, 9.17) is 11.6 Å². The molecule has 8 heteroatoms. The number of nitrogens with one attached hydrogen (secondary N) is 2. The SMILES string of the molecule is O=C(N[C@@H]1CCCC[C@H]1NC(=O)C1CCN(C(=O)c2cccc(Cl)c2)CC1)c1ccc(F)cc1. The molecule has 6 nitrogen and oxygen atoms in total. The van der Waals surface area contributed by atoms with Gasteiger partial charge in [-0.3, -0.25) is 14.4 Å². The fraction of sp³-hybridized carbons (Fsp3) is 0.423. The lowest BCUT2D eigenvalue weighted by Crippen LogP contribution is -2.55. The molecule has 2 atom stereocenters. The summed E-state index contributed by atoms with van der Waals surface area (Å²) < 4.78 is 13.2. The van der Waals surface area contributed by atoms with Gasteiger partial charge in [0.25, 0.3) is 11.8 Å². The van der Waals surface area contributed by atoms with Gasteiger partial charge in [-0.05, 0) is 68.1 Å². The van der Waals surface area contributed by atoms with Gasteiger partial charge in [-0.25, -0.2) is 4.39 Å². The van der Waals surface area contributed by atoms with Gasteiger partial charge in [-0.2, -0.15) is 0 Å². The topological polar surface area (TPSA) is 78.5 Å². The predicted octanol–water partition coefficient (Wildman–Crippen LogP) is 4.19. The van der Waals surface area contributed by atoms with E-state index in [9.17, 15) is 18.8 Å². The average molecular weight is 486 g/mol. The van der Waals surface area contributed by atoms with Crippen LogP contribution in [0, 0.1) is 11.7 Å². The number of nitrogens with zero attached hydrogens (tertiary/aromatic N) is 1. The first-order chi connectivity index (χ1) is 16.4. The molecular weight excluding hydrogens is 457 g/mol. The van der Waals surface area contributed by atoms with Crippen molar-refractivity contribution in [2.45, 2.75) is 50.6 Å². The third-order valence-corrected chi connectivity index (χ3v) is 6.98. The maximum Gasteiger partial charge on any atom is 0.253 e. The Morgan fingerprint density at radius 2 is 1.50 bits per heavy atom. The van der Waals surface area contributed by atoms with Crippen molar-refractivity contribution in [2.24, 2.45) is 5.92 Å². The standard InChI is InChI=1S/C26H29ClFN3O3/c27-20-5-3-4-19(16-20)26(34)31-14-12-18(13-15-31)25(33)30-23-7-2-1-6-22(23)29-24(32)17-8-10-21(28)11-9-17/h3-5,8-11,16,18,22-23H,1-2,6-7,12-15H2,(H,29,32)(H,30,33)/t22-,23-/m1/s1. The van der Waals surface area contributed by atoms with E-state index in [-0.39, 0.29) is 41.5 Å². The van der Waals surface area contributed by atoms with Crippen molar-refractivity contribution >= 4 is 29.3 Å². The van der Waals surface area contributed by atoms with Crippen molar-refractivity contribution in [2.75, 3.05) is 13.1 Å². The number of rotatable bonds is 5. The van der Waals surface area contributed by atoms with Gasteiger partial charge in [0.2, 0.25) is 5.91 Å². The summed E-state index contributed by atoms with van der Waals surface area (Å²) in [7, 11) is 0. The second kappa shape index (κ2) is 11.0. The molecule has 1 saturated carbocycles. The highest BCUT2D eigenvalue weighted by Gasteiger charge is 2.32. The lowest BCUT2D eigenvalue weighted by Gasteiger charge is -2.36. The van der Waals surface area contributed by atoms with Gasteiger partial charge in [0.05, 0.1) is 0 Å². The van der Waals surface area contributed by atoms with Crippen molar-refractivity contribution in [1.82, 2.24) is 15.5 Å². The van der Waals surface area contributed by atoms with Crippen LogP contribution < -0.4 is 10.6 Å². The number of amides is 3. The van der Waals surface area contributed by atoms with E-state index in [0.717, 1.165) is 25.7 Å². The molecule has 3 amide bonds. The summed E-state index contributed by atoms with van der Waals surface area (Å²) in [5, 5.41) is 6.69. The van der Waals surface area contributed by atoms with Crippen LogP contribution >= 0.6 is 11.6 Å². The van der Waals surface area contributed by atoms with Crippen molar-refractivity contribution in [3.8, 4) is 0 Å². The maximum absolute atomic E-state index is 13.2. The molecule has 1 saturated heterocycles. The van der Waals surface area contributed by atoms with E-state index in [1.54, 1.807) is 29.2 Å². The van der Waals surface area contributed by atoms with Crippen LogP contribution in [0.15, 0.2) is 48.5 Å². The number of halogens is 2. The molecule has 4 rings (SSSR count). The number of benzene rings is 2. The smallest absolute Gasteiger partial charge is 0.253 e. The molecule has 0 aromatic heterocycles. The summed E-state index contributed by atoms with van der Waals surface area (Å²) in [6, 6.07) is 12.0. The molecule has 0 unspecified atom stereocenters. The van der Waals surface area contributed by atoms with E-state index >= 15 is 0 Å². The molecule has 2 aromatic carbocycles. The Morgan fingerprint density at radius 3 is 2.15 bits per heavy atom. The monoisotopic (exact) mass is 485 g/mol. The van der Waals surface area contributed by atoms with E-state index in [2.05, 4.69) is 10.6 Å². The van der Waals surface area contributed by atoms with Gasteiger partial charge in [0, 0.05) is 47.2 Å². The Morgan fingerprint density at radius 1 is 0.853 bits per heavy atom. The Balaban J connectivity index is 1.30. The highest BCUT2D eigenvalue weighted by atomic mass is 35.5. The van der Waals surface area contributed by atoms with Crippen molar-refractivity contribution < 1.29 is 18.8 Å². The molecule has 1 aliphatic carbocycles. The van der Waals surface area contributed by atoms with E-state index in [1.807, 2.05) is 0 Å². The van der Waals surface area contributed by atoms with Gasteiger partial charge in [-0.1, -0.05) is 30.5 Å². The molecule has 2 aliphatic rings. The highest BCUT2D eigenvalue weighted by Crippen LogP contribution is 2.23. The number of hydrogen-bond acceptors (Lipinski definition) is 3. The Kier molecular flexibility index (Phi) is 7.83. The van der Waals surface area contributed by atoms with Crippen LogP contribution in [0.5, 0.6) is 0 Å². The Bertz CT molecular complexity index is 1040. The van der Waals surface area contributed by atoms with Gasteiger partial charge >= 0.3 is 0 Å². The minimum absolute atomic E-state index is 0.0252. The highest BCUT2D eigenvalue weighted by molar-refractivity contribution is 6.30. The van der Waals surface area contributed by atoms with Crippen LogP contribution in [0.4, 0.5) is 4.39 Å². The van der Waals surface area contributed by atoms with E-state index in [1.165, 1.54) is 24.3 Å². The summed E-state index contributed by atoms with van der Waals surface area (Å²) in [6.07, 6.45) is 4.73. The third kappa shape index (κ3) is 5.95. The molecular formula is C26H29ClFN3O3. The zero-order valence-electron chi connectivity index (χ0n) is 18.9. The van der Waals surface area contributed by atoms with Crippen molar-refractivity contribution in [1.29, 1.82) is 0 Å². The lowest BCUT2D eigenvalue weighted by atomic mass is 9.88. The Hall–Kier alpha value is -2.93. The molecule has 34 heavy (non-hydrogen) atoms. The number of carbonyl (C=O) groups is 3. The molecule has 2 fully saturated rings. The molecule has 0 bridgehead atoms. The van der Waals surface area contributed by atoms with Crippen LogP contribution in [0.1, 0.15) is 59.2 Å². The van der Waals surface area contributed by atoms with Crippen LogP contribution in [0.3, 0.4) is 0 Å². The average Bonchev–Trinajstić information content (AvgIpc) is 2.85. The number of carbonyl (C=O) groups excluding carboxylic acids is 3. The van der Waals surface area contributed by atoms with Crippen LogP contribution in [0.25, 0.3) is 0 Å². The summed E-state index contributed by atoms with van der Waals surface area (Å²) in [6.45, 7) is 1.03. The lowest BCUT2D eigenvalue weighted by molar-refractivity contribution is -0.127. The fourth-order valence-electron chi connectivity index (χ4n) is 4.78. The summed E-state index contributed by atoms with van der Waals surface area (Å²) in [4.78, 5) is 40.1. The Labute approximate surface area is 203 Å². The van der Waals surface area contributed by atoms with Gasteiger partial charge in [0.15, 0.2) is 0 Å². The van der Waals surface area contributed by atoms with Crippen molar-refractivity contribution in [3.63, 3.8) is 0 Å². The second-order valence-corrected chi connectivity index (χ2v) is 9.50. The van der Waals surface area contributed by atoms with Crippen LogP contribution in [-0.2, 0) is 4.79 Å². The molecule has 1 aliphatic heterocycles. The van der Waals surface area contributed by atoms with Gasteiger partial charge in [0.1, 0.15) is 5.82 Å². The fourth-order valence-corrected chi connectivity index (χ4v) is 4.97. The first-order valence-corrected chi connectivity index (χ1v) is 12.2. The molecule has 0 radical (unpaired) electrons. The number of piperidine rings is 1. The minimum atomic E-state index is -0.389. The third-order valence-electron chi connectivity index (χ3n) is 6.74.